The lowest BCUT2D eigenvalue weighted by Gasteiger charge is -2.22. The summed E-state index contributed by atoms with van der Waals surface area (Å²) in [6.45, 7) is 3.34. The van der Waals surface area contributed by atoms with Gasteiger partial charge in [-0.15, -0.1) is 0 Å². The minimum Gasteiger partial charge on any atom is -0.394 e. The van der Waals surface area contributed by atoms with Crippen LogP contribution >= 0.6 is 7.60 Å². The van der Waals surface area contributed by atoms with Gasteiger partial charge >= 0.3 is 7.60 Å². The first-order chi connectivity index (χ1) is 23.5. The van der Waals surface area contributed by atoms with E-state index in [2.05, 4.69) is 21.9 Å². The number of fused-ring (bicyclic) bond motifs is 1. The summed E-state index contributed by atoms with van der Waals surface area (Å²) >= 11 is 0. The molecular formula is C36H60N5O6P. The van der Waals surface area contributed by atoms with E-state index in [1.165, 1.54) is 96.2 Å². The lowest BCUT2D eigenvalue weighted by atomic mass is 10.0. The van der Waals surface area contributed by atoms with Crippen molar-refractivity contribution >= 4 is 24.6 Å². The Morgan fingerprint density at radius 3 is 2.04 bits per heavy atom. The number of nitrogen functional groups attached to an aromatic ring is 1. The fourth-order valence-electron chi connectivity index (χ4n) is 5.56. The van der Waals surface area contributed by atoms with Crippen LogP contribution in [0.5, 0.6) is 0 Å². The monoisotopic (exact) mass is 689 g/mol. The molecule has 0 aliphatic heterocycles. The molecule has 2 heterocycles. The summed E-state index contributed by atoms with van der Waals surface area (Å²) in [5, 5.41) is 10.00. The third-order valence-electron chi connectivity index (χ3n) is 8.43. The van der Waals surface area contributed by atoms with E-state index in [0.717, 1.165) is 18.4 Å². The number of hydrogen-bond donors (Lipinski definition) is 2. The minimum atomic E-state index is -3.68. The van der Waals surface area contributed by atoms with Crippen LogP contribution in [0.4, 0.5) is 5.82 Å². The summed E-state index contributed by atoms with van der Waals surface area (Å²) in [7, 11) is -3.68. The van der Waals surface area contributed by atoms with Gasteiger partial charge in [0.25, 0.3) is 0 Å². The molecule has 0 amide bonds. The number of ether oxygens (including phenoxy) is 2. The molecule has 0 bridgehead atoms. The van der Waals surface area contributed by atoms with Gasteiger partial charge in [-0.05, 0) is 12.0 Å². The quantitative estimate of drug-likeness (QED) is 0.0517. The Morgan fingerprint density at radius 1 is 0.792 bits per heavy atom. The predicted octanol–water partition coefficient (Wildman–Crippen LogP) is 8.45. The van der Waals surface area contributed by atoms with E-state index in [4.69, 9.17) is 24.3 Å². The highest BCUT2D eigenvalue weighted by atomic mass is 31.2. The fourth-order valence-corrected chi connectivity index (χ4v) is 6.88. The lowest BCUT2D eigenvalue weighted by molar-refractivity contribution is 0.0124. The van der Waals surface area contributed by atoms with Crippen LogP contribution in [0, 0.1) is 0 Å². The lowest BCUT2D eigenvalue weighted by Crippen LogP contribution is -2.25. The van der Waals surface area contributed by atoms with E-state index < -0.39 is 13.7 Å². The maximum Gasteiger partial charge on any atom is 0.356 e. The third kappa shape index (κ3) is 16.3. The first-order valence-electron chi connectivity index (χ1n) is 18.2. The zero-order chi connectivity index (χ0) is 34.1. The molecule has 0 unspecified atom stereocenters. The van der Waals surface area contributed by atoms with Crippen LogP contribution in [0.1, 0.15) is 115 Å². The number of rotatable bonds is 30. The van der Waals surface area contributed by atoms with Gasteiger partial charge in [0.05, 0.1) is 45.4 Å². The molecule has 0 aliphatic rings. The fraction of sp³-hybridized carbons (Fsp3) is 0.694. The molecular weight excluding hydrogens is 629 g/mol. The highest BCUT2D eigenvalue weighted by Crippen LogP contribution is 2.49. The van der Waals surface area contributed by atoms with E-state index in [1.807, 2.05) is 30.3 Å². The van der Waals surface area contributed by atoms with Crippen molar-refractivity contribution < 1.29 is 28.2 Å². The molecule has 11 nitrogen and oxygen atoms in total. The molecule has 2 aromatic heterocycles. The van der Waals surface area contributed by atoms with E-state index in [0.29, 0.717) is 24.4 Å². The second kappa shape index (κ2) is 24.7. The van der Waals surface area contributed by atoms with Crippen molar-refractivity contribution in [1.29, 1.82) is 0 Å². The third-order valence-corrected chi connectivity index (χ3v) is 9.99. The first kappa shape index (κ1) is 40.0. The van der Waals surface area contributed by atoms with E-state index >= 15 is 0 Å². The predicted molar refractivity (Wildman–Crippen MR) is 192 cm³/mol. The molecule has 0 saturated carbocycles. The molecule has 0 aliphatic carbocycles. The summed E-state index contributed by atoms with van der Waals surface area (Å²) in [5.74, 6) is 0.268. The van der Waals surface area contributed by atoms with Crippen LogP contribution in [0.2, 0.25) is 0 Å². The summed E-state index contributed by atoms with van der Waals surface area (Å²) in [6, 6.07) is 9.47. The van der Waals surface area contributed by atoms with Gasteiger partial charge in [0.2, 0.25) is 0 Å². The van der Waals surface area contributed by atoms with Crippen LogP contribution < -0.4 is 5.73 Å². The Balaban J connectivity index is 1.27. The zero-order valence-corrected chi connectivity index (χ0v) is 30.1. The van der Waals surface area contributed by atoms with Crippen molar-refractivity contribution in [3.63, 3.8) is 0 Å². The second-order valence-corrected chi connectivity index (χ2v) is 14.5. The normalized spacial score (nSPS) is 13.6. The number of nitrogens with zero attached hydrogens (tertiary/aromatic N) is 4. The molecule has 3 N–H and O–H groups in total. The summed E-state index contributed by atoms with van der Waals surface area (Å²) in [4.78, 5) is 12.4. The van der Waals surface area contributed by atoms with Gasteiger partial charge in [-0.1, -0.05) is 134 Å². The van der Waals surface area contributed by atoms with E-state index in [9.17, 15) is 9.67 Å². The largest absolute Gasteiger partial charge is 0.394 e. The van der Waals surface area contributed by atoms with Gasteiger partial charge in [0, 0.05) is 6.61 Å². The number of nitrogens with two attached hydrogens (primary N) is 1. The summed E-state index contributed by atoms with van der Waals surface area (Å²) in [6.07, 6.45) is 23.2. The molecule has 3 aromatic rings. The summed E-state index contributed by atoms with van der Waals surface area (Å²) in [5.41, 5.74) is 7.73. The highest BCUT2D eigenvalue weighted by Gasteiger charge is 2.28. The van der Waals surface area contributed by atoms with Crippen molar-refractivity contribution in [1.82, 2.24) is 19.5 Å². The first-order valence-corrected chi connectivity index (χ1v) is 19.9. The molecule has 3 rings (SSSR count). The topological polar surface area (TPSA) is 144 Å². The Bertz CT molecular complexity index is 1280. The average Bonchev–Trinajstić information content (AvgIpc) is 3.52. The number of imidazole rings is 1. The van der Waals surface area contributed by atoms with Crippen molar-refractivity contribution in [3.8, 4) is 0 Å². The Hall–Kier alpha value is -2.40. The molecule has 0 saturated heterocycles. The maximum absolute atomic E-state index is 13.7. The standard InChI is InChI=1S/C36H60N5O6P/c1-2-3-4-5-6-7-8-9-10-11-12-13-14-15-16-20-23-44-24-25-46-48(43,47-28-32-21-18-17-19-22-32)31-45-33(27-42)26-41-30-40-34-35(37)38-29-39-36(34)41/h17-19,21-22,29-30,33,42H,2-16,20,23-28,31H2,1H3,(H2,37,38,39)/t33-,48-/m0/s1. The van der Waals surface area contributed by atoms with E-state index in [-0.39, 0.29) is 38.5 Å². The molecule has 2 atom stereocenters. The second-order valence-electron chi connectivity index (χ2n) is 12.5. The van der Waals surface area contributed by atoms with Gasteiger partial charge in [0.15, 0.2) is 11.5 Å². The van der Waals surface area contributed by atoms with Crippen molar-refractivity contribution in [2.45, 2.75) is 129 Å². The SMILES string of the molecule is CCCCCCCCCCCCCCCCCCOCCO[P@@](=O)(CO[C@H](CO)Cn1cnc2c(N)ncnc21)OCc1ccccc1. The van der Waals surface area contributed by atoms with Gasteiger partial charge < -0.3 is 33.9 Å². The van der Waals surface area contributed by atoms with Gasteiger partial charge in [-0.2, -0.15) is 0 Å². The Morgan fingerprint density at radius 2 is 1.42 bits per heavy atom. The number of aliphatic hydroxyl groups excluding tert-OH is 1. The molecule has 0 spiro atoms. The number of hydrogen-bond acceptors (Lipinski definition) is 10. The van der Waals surface area contributed by atoms with Crippen molar-refractivity contribution in [3.05, 3.63) is 48.5 Å². The Kier molecular flexibility index (Phi) is 20.6. The number of aromatic nitrogens is 4. The number of unbranched alkanes of at least 4 members (excludes halogenated alkanes) is 15. The van der Waals surface area contributed by atoms with Crippen molar-refractivity contribution in [2.24, 2.45) is 0 Å². The highest BCUT2D eigenvalue weighted by molar-refractivity contribution is 7.53. The molecule has 270 valence electrons. The van der Waals surface area contributed by atoms with Gasteiger partial charge in [0.1, 0.15) is 18.2 Å². The van der Waals surface area contributed by atoms with Crippen LogP contribution in [-0.2, 0) is 36.2 Å². The van der Waals surface area contributed by atoms with Crippen LogP contribution in [0.25, 0.3) is 11.2 Å². The van der Waals surface area contributed by atoms with Gasteiger partial charge in [-0.25, -0.2) is 15.0 Å². The smallest absolute Gasteiger partial charge is 0.356 e. The van der Waals surface area contributed by atoms with Crippen molar-refractivity contribution in [2.75, 3.05) is 38.5 Å². The van der Waals surface area contributed by atoms with Crippen LogP contribution in [0.15, 0.2) is 43.0 Å². The zero-order valence-electron chi connectivity index (χ0n) is 29.2. The number of anilines is 1. The van der Waals surface area contributed by atoms with Crippen LogP contribution in [0.3, 0.4) is 0 Å². The number of benzene rings is 1. The molecule has 12 heteroatoms. The molecule has 0 fully saturated rings. The van der Waals surface area contributed by atoms with E-state index in [1.54, 1.807) is 10.9 Å². The Labute approximate surface area is 287 Å². The van der Waals surface area contributed by atoms with Crippen LogP contribution in [-0.4, -0.2) is 63.5 Å². The van der Waals surface area contributed by atoms with Gasteiger partial charge in [-0.3, -0.25) is 4.57 Å². The maximum atomic E-state index is 13.7. The molecule has 48 heavy (non-hydrogen) atoms. The number of aliphatic hydroxyl groups is 1. The average molecular weight is 690 g/mol. The molecule has 1 aromatic carbocycles. The molecule has 0 radical (unpaired) electrons. The minimum absolute atomic E-state index is 0.105. The summed E-state index contributed by atoms with van der Waals surface area (Å²) < 4.78 is 38.6.